The van der Waals surface area contributed by atoms with Gasteiger partial charge in [-0.15, -0.1) is 24.0 Å². The van der Waals surface area contributed by atoms with Gasteiger partial charge >= 0.3 is 5.97 Å². The fourth-order valence-corrected chi connectivity index (χ4v) is 1.78. The number of esters is 1. The van der Waals surface area contributed by atoms with Crippen molar-refractivity contribution in [1.29, 1.82) is 0 Å². The first-order valence-corrected chi connectivity index (χ1v) is 7.34. The van der Waals surface area contributed by atoms with Crippen LogP contribution < -0.4 is 5.32 Å². The average molecular weight is 428 g/mol. The maximum atomic E-state index is 12.1. The lowest BCUT2D eigenvalue weighted by Gasteiger charge is -2.25. The number of hydrogen-bond acceptors (Lipinski definition) is 4. The Kier molecular flexibility index (Phi) is 14.3. The third kappa shape index (κ3) is 9.06. The number of guanidine groups is 1. The number of nitrogens with one attached hydrogen (secondary N) is 1. The molecule has 130 valence electrons. The van der Waals surface area contributed by atoms with Crippen molar-refractivity contribution in [2.24, 2.45) is 4.99 Å². The largest absolute Gasteiger partial charge is 0.469 e. The van der Waals surface area contributed by atoms with Gasteiger partial charge in [0.1, 0.15) is 0 Å². The number of likely N-dealkylation sites (N-methyl/N-ethyl adjacent to an activating group) is 2. The Labute approximate surface area is 150 Å². The van der Waals surface area contributed by atoms with Crippen molar-refractivity contribution in [1.82, 2.24) is 15.1 Å². The second-order valence-corrected chi connectivity index (χ2v) is 4.48. The van der Waals surface area contributed by atoms with Gasteiger partial charge in [0.15, 0.2) is 5.96 Å². The molecule has 0 spiro atoms. The molecule has 0 aromatic carbocycles. The Balaban J connectivity index is 0. The fourth-order valence-electron chi connectivity index (χ4n) is 1.78. The van der Waals surface area contributed by atoms with Crippen LogP contribution in [0.2, 0.25) is 0 Å². The van der Waals surface area contributed by atoms with Crippen LogP contribution in [0, 0.1) is 0 Å². The summed E-state index contributed by atoms with van der Waals surface area (Å²) < 4.78 is 4.57. The van der Waals surface area contributed by atoms with Gasteiger partial charge in [0.2, 0.25) is 5.91 Å². The second kappa shape index (κ2) is 13.6. The number of ether oxygens (including phenoxy) is 1. The Morgan fingerprint density at radius 3 is 2.23 bits per heavy atom. The zero-order valence-electron chi connectivity index (χ0n) is 14.2. The summed E-state index contributed by atoms with van der Waals surface area (Å²) >= 11 is 0. The Morgan fingerprint density at radius 1 is 1.18 bits per heavy atom. The van der Waals surface area contributed by atoms with Gasteiger partial charge in [0, 0.05) is 26.7 Å². The summed E-state index contributed by atoms with van der Waals surface area (Å²) in [6, 6.07) is 0. The summed E-state index contributed by atoms with van der Waals surface area (Å²) in [4.78, 5) is 31.0. The van der Waals surface area contributed by atoms with Crippen LogP contribution >= 0.6 is 24.0 Å². The second-order valence-electron chi connectivity index (χ2n) is 4.48. The third-order valence-electron chi connectivity index (χ3n) is 2.99. The number of hydrogen-bond donors (Lipinski definition) is 1. The van der Waals surface area contributed by atoms with E-state index in [0.717, 1.165) is 0 Å². The molecule has 0 saturated heterocycles. The minimum atomic E-state index is -0.295. The van der Waals surface area contributed by atoms with Gasteiger partial charge in [-0.25, -0.2) is 0 Å². The predicted molar refractivity (Wildman–Crippen MR) is 98.6 cm³/mol. The van der Waals surface area contributed by atoms with Gasteiger partial charge in [0.05, 0.1) is 26.6 Å². The van der Waals surface area contributed by atoms with E-state index in [2.05, 4.69) is 15.0 Å². The summed E-state index contributed by atoms with van der Waals surface area (Å²) in [5.41, 5.74) is 0. The highest BCUT2D eigenvalue weighted by Gasteiger charge is 2.15. The minimum absolute atomic E-state index is 0. The Bertz CT molecular complexity index is 360. The number of carbonyl (C=O) groups excluding carboxylic acids is 2. The van der Waals surface area contributed by atoms with Crippen LogP contribution in [0.3, 0.4) is 0 Å². The highest BCUT2D eigenvalue weighted by Crippen LogP contribution is 1.95. The minimum Gasteiger partial charge on any atom is -0.469 e. The number of halogens is 1. The molecule has 7 nitrogen and oxygen atoms in total. The fraction of sp³-hybridized carbons (Fsp3) is 0.786. The van der Waals surface area contributed by atoms with E-state index in [1.165, 1.54) is 7.11 Å². The van der Waals surface area contributed by atoms with E-state index in [4.69, 9.17) is 0 Å². The number of amides is 1. The van der Waals surface area contributed by atoms with Crippen LogP contribution in [0.1, 0.15) is 27.2 Å². The van der Waals surface area contributed by atoms with E-state index < -0.39 is 0 Å². The SMILES string of the molecule is CCNC(=NCCC(=O)OC)N(C)CC(=O)N(CC)CC.I. The standard InChI is InChI=1S/C14H28N4O3.HI/c1-6-15-14(16-10-9-13(20)21-5)17(4)11-12(19)18(7-2)8-3;/h6-11H2,1-5H3,(H,15,16);1H. The van der Waals surface area contributed by atoms with Crippen molar-refractivity contribution in [3.8, 4) is 0 Å². The molecular formula is C14H29IN4O3. The molecule has 0 aromatic heterocycles. The average Bonchev–Trinajstić information content (AvgIpc) is 2.47. The predicted octanol–water partition coefficient (Wildman–Crippen LogP) is 0.933. The normalized spacial score (nSPS) is 10.5. The van der Waals surface area contributed by atoms with E-state index in [-0.39, 0.29) is 48.8 Å². The molecule has 0 heterocycles. The van der Waals surface area contributed by atoms with Crippen molar-refractivity contribution in [2.75, 3.05) is 46.9 Å². The Morgan fingerprint density at radius 2 is 1.77 bits per heavy atom. The van der Waals surface area contributed by atoms with Gasteiger partial charge in [-0.05, 0) is 20.8 Å². The van der Waals surface area contributed by atoms with Crippen LogP contribution in [0.15, 0.2) is 4.99 Å². The van der Waals surface area contributed by atoms with Crippen LogP contribution in [0.5, 0.6) is 0 Å². The topological polar surface area (TPSA) is 74.2 Å². The van der Waals surface area contributed by atoms with Crippen molar-refractivity contribution in [3.63, 3.8) is 0 Å². The van der Waals surface area contributed by atoms with E-state index >= 15 is 0 Å². The molecule has 8 heteroatoms. The van der Waals surface area contributed by atoms with E-state index in [0.29, 0.717) is 32.1 Å². The summed E-state index contributed by atoms with van der Waals surface area (Å²) in [7, 11) is 3.16. The summed E-state index contributed by atoms with van der Waals surface area (Å²) in [6.07, 6.45) is 0.225. The number of aliphatic imine (C=N–C) groups is 1. The monoisotopic (exact) mass is 428 g/mol. The highest BCUT2D eigenvalue weighted by molar-refractivity contribution is 14.0. The molecule has 0 aliphatic rings. The molecule has 0 radical (unpaired) electrons. The molecule has 0 saturated carbocycles. The molecule has 22 heavy (non-hydrogen) atoms. The molecule has 0 aromatic rings. The van der Waals surface area contributed by atoms with Gasteiger partial charge in [-0.1, -0.05) is 0 Å². The van der Waals surface area contributed by atoms with E-state index in [9.17, 15) is 9.59 Å². The quantitative estimate of drug-likeness (QED) is 0.270. The molecule has 0 rings (SSSR count). The molecule has 0 unspecified atom stereocenters. The van der Waals surface area contributed by atoms with Gasteiger partial charge in [-0.2, -0.15) is 0 Å². The first kappa shape index (κ1) is 23.2. The Hall–Kier alpha value is -1.06. The van der Waals surface area contributed by atoms with Crippen LogP contribution in [-0.2, 0) is 14.3 Å². The van der Waals surface area contributed by atoms with Gasteiger partial charge in [0.25, 0.3) is 0 Å². The van der Waals surface area contributed by atoms with Crippen molar-refractivity contribution < 1.29 is 14.3 Å². The van der Waals surface area contributed by atoms with Crippen molar-refractivity contribution >= 4 is 41.8 Å². The molecule has 0 fully saturated rings. The van der Waals surface area contributed by atoms with Gasteiger partial charge in [-0.3, -0.25) is 14.6 Å². The smallest absolute Gasteiger partial charge is 0.307 e. The summed E-state index contributed by atoms with van der Waals surface area (Å²) in [6.45, 7) is 8.54. The number of rotatable bonds is 8. The highest BCUT2D eigenvalue weighted by atomic mass is 127. The van der Waals surface area contributed by atoms with Crippen LogP contribution in [0.4, 0.5) is 0 Å². The first-order valence-electron chi connectivity index (χ1n) is 7.34. The maximum absolute atomic E-state index is 12.1. The van der Waals surface area contributed by atoms with Crippen molar-refractivity contribution in [3.05, 3.63) is 0 Å². The van der Waals surface area contributed by atoms with E-state index in [1.807, 2.05) is 20.8 Å². The molecule has 1 N–H and O–H groups in total. The number of nitrogens with zero attached hydrogens (tertiary/aromatic N) is 3. The van der Waals surface area contributed by atoms with Crippen LogP contribution in [0.25, 0.3) is 0 Å². The van der Waals surface area contributed by atoms with Crippen molar-refractivity contribution in [2.45, 2.75) is 27.2 Å². The lowest BCUT2D eigenvalue weighted by atomic mass is 10.4. The molecule has 0 atom stereocenters. The molecule has 0 aliphatic heterocycles. The molecule has 1 amide bonds. The zero-order chi connectivity index (χ0) is 16.3. The first-order chi connectivity index (χ1) is 9.99. The molecule has 0 aliphatic carbocycles. The summed E-state index contributed by atoms with van der Waals surface area (Å²) in [5, 5.41) is 3.11. The van der Waals surface area contributed by atoms with E-state index in [1.54, 1.807) is 16.8 Å². The third-order valence-corrected chi connectivity index (χ3v) is 2.99. The molecule has 0 bridgehead atoms. The number of carbonyl (C=O) groups is 2. The molecular weight excluding hydrogens is 399 g/mol. The lowest BCUT2D eigenvalue weighted by Crippen LogP contribution is -2.45. The lowest BCUT2D eigenvalue weighted by molar-refractivity contribution is -0.140. The zero-order valence-corrected chi connectivity index (χ0v) is 16.5. The maximum Gasteiger partial charge on any atom is 0.307 e. The van der Waals surface area contributed by atoms with Crippen LogP contribution in [-0.4, -0.2) is 74.5 Å². The summed E-state index contributed by atoms with van der Waals surface area (Å²) in [5.74, 6) is 0.374. The number of methoxy groups -OCH3 is 1. The van der Waals surface area contributed by atoms with Gasteiger partial charge < -0.3 is 19.9 Å².